The molecule has 0 aromatic heterocycles. The maximum Gasteiger partial charge on any atom is 0.306 e. The Labute approximate surface area is 348 Å². The van der Waals surface area contributed by atoms with Crippen molar-refractivity contribution in [3.63, 3.8) is 0 Å². The van der Waals surface area contributed by atoms with Crippen LogP contribution in [0.4, 0.5) is 0 Å². The lowest BCUT2D eigenvalue weighted by Crippen LogP contribution is -2.30. The molecule has 0 aliphatic heterocycles. The summed E-state index contributed by atoms with van der Waals surface area (Å²) in [5.74, 6) is 0.0497. The number of hydrogen-bond donors (Lipinski definition) is 1. The first-order valence-corrected chi connectivity index (χ1v) is 24.7. The molecule has 0 saturated carbocycles. The first-order chi connectivity index (χ1) is 27.4. The molecule has 7 heteroatoms. The third-order valence-electron chi connectivity index (χ3n) is 11.3. The molecule has 1 N–H and O–H groups in total. The summed E-state index contributed by atoms with van der Waals surface area (Å²) in [4.78, 5) is 39.2. The van der Waals surface area contributed by atoms with Gasteiger partial charge in [-0.25, -0.2) is 0 Å². The predicted molar refractivity (Wildman–Crippen MR) is 239 cm³/mol. The van der Waals surface area contributed by atoms with Crippen molar-refractivity contribution in [2.24, 2.45) is 0 Å². The molecule has 332 valence electrons. The van der Waals surface area contributed by atoms with Gasteiger partial charge in [0.15, 0.2) is 0 Å². The van der Waals surface area contributed by atoms with E-state index in [1.807, 2.05) is 0 Å². The number of carbonyl (C=O) groups is 3. The van der Waals surface area contributed by atoms with Crippen molar-refractivity contribution in [3.8, 4) is 0 Å². The molecule has 0 fully saturated rings. The van der Waals surface area contributed by atoms with Crippen LogP contribution in [-0.2, 0) is 23.9 Å². The summed E-state index contributed by atoms with van der Waals surface area (Å²) in [5.41, 5.74) is 0. The van der Waals surface area contributed by atoms with Gasteiger partial charge < -0.3 is 19.7 Å². The summed E-state index contributed by atoms with van der Waals surface area (Å²) < 4.78 is 11.9. The second-order valence-corrected chi connectivity index (χ2v) is 17.0. The highest BCUT2D eigenvalue weighted by Gasteiger charge is 2.15. The van der Waals surface area contributed by atoms with E-state index in [0.717, 1.165) is 103 Å². The Morgan fingerprint density at radius 3 is 1.14 bits per heavy atom. The predicted octanol–water partition coefficient (Wildman–Crippen LogP) is 14.0. The van der Waals surface area contributed by atoms with Crippen LogP contribution in [0.2, 0.25) is 0 Å². The maximum absolute atomic E-state index is 12.8. The second kappa shape index (κ2) is 43.0. The quantitative estimate of drug-likeness (QED) is 0.0488. The largest absolute Gasteiger partial charge is 0.462 e. The Morgan fingerprint density at radius 1 is 0.411 bits per heavy atom. The fourth-order valence-corrected chi connectivity index (χ4v) is 7.79. The second-order valence-electron chi connectivity index (χ2n) is 17.0. The van der Waals surface area contributed by atoms with Crippen LogP contribution in [0.25, 0.3) is 0 Å². The van der Waals surface area contributed by atoms with Crippen molar-refractivity contribution >= 4 is 17.8 Å². The van der Waals surface area contributed by atoms with Crippen LogP contribution in [0.15, 0.2) is 0 Å². The zero-order chi connectivity index (χ0) is 41.2. The van der Waals surface area contributed by atoms with Gasteiger partial charge in [0.05, 0.1) is 0 Å². The molecule has 56 heavy (non-hydrogen) atoms. The molecular formula is C49H96N2O5. The van der Waals surface area contributed by atoms with E-state index < -0.39 is 0 Å². The number of nitrogens with zero attached hydrogens (tertiary/aromatic N) is 1. The van der Waals surface area contributed by atoms with Gasteiger partial charge in [-0.1, -0.05) is 163 Å². The molecule has 2 atom stereocenters. The van der Waals surface area contributed by atoms with E-state index in [-0.39, 0.29) is 30.1 Å². The van der Waals surface area contributed by atoms with Gasteiger partial charge in [-0.15, -0.1) is 0 Å². The minimum absolute atomic E-state index is 0.00403. The number of nitrogens with one attached hydrogen (secondary N) is 1. The van der Waals surface area contributed by atoms with E-state index in [4.69, 9.17) is 9.47 Å². The van der Waals surface area contributed by atoms with Crippen LogP contribution in [0.3, 0.4) is 0 Å². The lowest BCUT2D eigenvalue weighted by Gasteiger charge is -2.22. The van der Waals surface area contributed by atoms with Crippen molar-refractivity contribution in [3.05, 3.63) is 0 Å². The van der Waals surface area contributed by atoms with Gasteiger partial charge in [0.2, 0.25) is 5.91 Å². The van der Waals surface area contributed by atoms with Crippen LogP contribution in [0.5, 0.6) is 0 Å². The normalized spacial score (nSPS) is 12.5. The summed E-state index contributed by atoms with van der Waals surface area (Å²) >= 11 is 0. The molecule has 0 aromatic rings. The average molecular weight is 793 g/mol. The number of unbranched alkanes of at least 4 members (excludes halogenated alkanes) is 22. The van der Waals surface area contributed by atoms with E-state index in [9.17, 15) is 14.4 Å². The lowest BCUT2D eigenvalue weighted by atomic mass is 10.0. The SMILES string of the molecule is CCCCCCCCC(CCC)OC(=O)CCCCCCCN(CCCCCCCC(=O)OC(CCCCCCC)CCCCCCCC)CCCNC(C)=O. The van der Waals surface area contributed by atoms with Crippen molar-refractivity contribution in [1.82, 2.24) is 10.2 Å². The van der Waals surface area contributed by atoms with Crippen LogP contribution in [0, 0.1) is 0 Å². The average Bonchev–Trinajstić information content (AvgIpc) is 3.17. The van der Waals surface area contributed by atoms with Crippen molar-refractivity contribution < 1.29 is 23.9 Å². The maximum atomic E-state index is 12.8. The highest BCUT2D eigenvalue weighted by molar-refractivity contribution is 5.72. The van der Waals surface area contributed by atoms with Gasteiger partial charge >= 0.3 is 11.9 Å². The smallest absolute Gasteiger partial charge is 0.306 e. The number of amides is 1. The van der Waals surface area contributed by atoms with Crippen molar-refractivity contribution in [2.45, 2.75) is 272 Å². The topological polar surface area (TPSA) is 84.9 Å². The van der Waals surface area contributed by atoms with Crippen LogP contribution >= 0.6 is 0 Å². The van der Waals surface area contributed by atoms with Crippen molar-refractivity contribution in [1.29, 1.82) is 0 Å². The highest BCUT2D eigenvalue weighted by Crippen LogP contribution is 2.19. The minimum atomic E-state index is -0.00403. The summed E-state index contributed by atoms with van der Waals surface area (Å²) in [6.07, 6.45) is 40.1. The molecule has 7 nitrogen and oxygen atoms in total. The third kappa shape index (κ3) is 39.2. The first-order valence-electron chi connectivity index (χ1n) is 24.7. The van der Waals surface area contributed by atoms with Gasteiger partial charge in [0.25, 0.3) is 0 Å². The summed E-state index contributed by atoms with van der Waals surface area (Å²) in [7, 11) is 0. The standard InChI is InChI=1S/C49H96N2O5/c1-6-10-13-16-21-28-36-46(35-9-4)55-48(53)39-30-23-18-25-32-42-51(44-34-41-50-45(5)52)43-33-26-19-24-31-40-49(54)56-47(37-27-20-15-12-8-3)38-29-22-17-14-11-7-2/h46-47H,6-44H2,1-5H3,(H,50,52). The fourth-order valence-electron chi connectivity index (χ4n) is 7.79. The molecule has 0 aromatic carbocycles. The third-order valence-corrected chi connectivity index (χ3v) is 11.3. The zero-order valence-corrected chi connectivity index (χ0v) is 38.2. The number of hydrogen-bond acceptors (Lipinski definition) is 6. The minimum Gasteiger partial charge on any atom is -0.462 e. The fraction of sp³-hybridized carbons (Fsp3) is 0.939. The molecule has 0 aliphatic carbocycles. The Kier molecular flexibility index (Phi) is 41.7. The van der Waals surface area contributed by atoms with E-state index >= 15 is 0 Å². The zero-order valence-electron chi connectivity index (χ0n) is 38.2. The lowest BCUT2D eigenvalue weighted by molar-refractivity contribution is -0.151. The van der Waals surface area contributed by atoms with Gasteiger partial charge in [-0.2, -0.15) is 0 Å². The van der Waals surface area contributed by atoms with Gasteiger partial charge in [0, 0.05) is 26.3 Å². The molecule has 0 aliphatic rings. The summed E-state index contributed by atoms with van der Waals surface area (Å²) in [6.45, 7) is 14.4. The van der Waals surface area contributed by atoms with Crippen LogP contribution < -0.4 is 5.32 Å². The molecule has 0 bridgehead atoms. The van der Waals surface area contributed by atoms with Crippen LogP contribution in [-0.4, -0.2) is 61.1 Å². The molecule has 0 rings (SSSR count). The molecule has 0 heterocycles. The van der Waals surface area contributed by atoms with Crippen molar-refractivity contribution in [2.75, 3.05) is 26.2 Å². The molecule has 0 saturated heterocycles. The molecular weight excluding hydrogens is 697 g/mol. The Bertz CT molecular complexity index is 867. The number of ether oxygens (including phenoxy) is 2. The molecule has 2 unspecified atom stereocenters. The molecule has 0 spiro atoms. The Balaban J connectivity index is 4.35. The van der Waals surface area contributed by atoms with E-state index in [1.165, 1.54) is 135 Å². The van der Waals surface area contributed by atoms with E-state index in [0.29, 0.717) is 12.8 Å². The van der Waals surface area contributed by atoms with E-state index in [2.05, 4.69) is 37.9 Å². The highest BCUT2D eigenvalue weighted by atomic mass is 16.5. The Morgan fingerprint density at radius 2 is 0.750 bits per heavy atom. The summed E-state index contributed by atoms with van der Waals surface area (Å²) in [5, 5.41) is 2.94. The summed E-state index contributed by atoms with van der Waals surface area (Å²) in [6, 6.07) is 0. The van der Waals surface area contributed by atoms with E-state index in [1.54, 1.807) is 6.92 Å². The van der Waals surface area contributed by atoms with Gasteiger partial charge in [-0.05, 0) is 96.7 Å². The molecule has 0 radical (unpaired) electrons. The van der Waals surface area contributed by atoms with Gasteiger partial charge in [0.1, 0.15) is 12.2 Å². The monoisotopic (exact) mass is 793 g/mol. The van der Waals surface area contributed by atoms with Crippen LogP contribution in [0.1, 0.15) is 259 Å². The number of carbonyl (C=O) groups excluding carboxylic acids is 3. The first kappa shape index (κ1) is 54.4. The Hall–Kier alpha value is -1.63. The number of esters is 2. The van der Waals surface area contributed by atoms with Gasteiger partial charge in [-0.3, -0.25) is 14.4 Å². The number of rotatable bonds is 44. The molecule has 1 amide bonds.